The summed E-state index contributed by atoms with van der Waals surface area (Å²) in [4.78, 5) is 40.6. The number of aliphatic carboxylic acids is 1. The molecular formula is C32H35F3N6O5. The van der Waals surface area contributed by atoms with Crippen molar-refractivity contribution in [2.45, 2.75) is 64.1 Å². The number of rotatable bonds is 8. The minimum absolute atomic E-state index is 0.103. The number of aromatic nitrogens is 4. The Morgan fingerprint density at radius 1 is 1.00 bits per heavy atom. The molecule has 14 heteroatoms. The topological polar surface area (TPSA) is 126 Å². The lowest BCUT2D eigenvalue weighted by Gasteiger charge is -2.33. The normalized spacial score (nSPS) is 16.9. The van der Waals surface area contributed by atoms with E-state index in [0.717, 1.165) is 23.4 Å². The van der Waals surface area contributed by atoms with Crippen LogP contribution in [0, 0.1) is 0 Å². The number of hydrogen-bond acceptors (Lipinski definition) is 6. The Hall–Kier alpha value is -4.43. The molecule has 4 aromatic rings. The number of carboxylic acid groups (broad SMARTS) is 1. The van der Waals surface area contributed by atoms with E-state index in [9.17, 15) is 37.8 Å². The minimum Gasteiger partial charge on any atom is -0.480 e. The van der Waals surface area contributed by atoms with Gasteiger partial charge in [-0.2, -0.15) is 18.3 Å². The summed E-state index contributed by atoms with van der Waals surface area (Å²) >= 11 is 0. The number of nitrogens with zero attached hydrogens (tertiary/aromatic N) is 6. The number of piperidine rings is 1. The molecule has 2 aliphatic rings. The molecular weight excluding hydrogens is 605 g/mol. The fourth-order valence-electron chi connectivity index (χ4n) is 6.75. The van der Waals surface area contributed by atoms with Crippen LogP contribution in [0.2, 0.25) is 0 Å². The van der Waals surface area contributed by atoms with E-state index in [2.05, 4.69) is 4.90 Å². The molecule has 2 N–H and O–H groups in total. The van der Waals surface area contributed by atoms with E-state index < -0.39 is 30.4 Å². The number of aliphatic hydroxyl groups is 1. The highest BCUT2D eigenvalue weighted by Gasteiger charge is 2.32. The summed E-state index contributed by atoms with van der Waals surface area (Å²) in [5.41, 5.74) is 2.78. The molecule has 4 heterocycles. The number of carbonyl (C=O) groups is 2. The average Bonchev–Trinajstić information content (AvgIpc) is 3.51. The third-order valence-corrected chi connectivity index (χ3v) is 9.00. The Morgan fingerprint density at radius 3 is 2.30 bits per heavy atom. The molecule has 11 nitrogen and oxygen atoms in total. The monoisotopic (exact) mass is 640 g/mol. The van der Waals surface area contributed by atoms with Crippen molar-refractivity contribution >= 4 is 22.9 Å². The zero-order valence-electron chi connectivity index (χ0n) is 25.3. The average molecular weight is 641 g/mol. The van der Waals surface area contributed by atoms with Crippen LogP contribution >= 0.6 is 0 Å². The van der Waals surface area contributed by atoms with E-state index >= 15 is 0 Å². The third kappa shape index (κ3) is 6.18. The predicted molar refractivity (Wildman–Crippen MR) is 162 cm³/mol. The van der Waals surface area contributed by atoms with Gasteiger partial charge in [0.25, 0.3) is 0 Å². The van der Waals surface area contributed by atoms with Gasteiger partial charge in [0.05, 0.1) is 34.9 Å². The van der Waals surface area contributed by atoms with E-state index in [1.54, 1.807) is 26.3 Å². The highest BCUT2D eigenvalue weighted by Crippen LogP contribution is 2.34. The quantitative estimate of drug-likeness (QED) is 0.303. The Balaban J connectivity index is 1.16. The van der Waals surface area contributed by atoms with E-state index in [4.69, 9.17) is 5.10 Å². The van der Waals surface area contributed by atoms with Crippen molar-refractivity contribution in [2.24, 2.45) is 0 Å². The molecule has 1 unspecified atom stereocenters. The summed E-state index contributed by atoms with van der Waals surface area (Å²) in [6.45, 7) is 3.59. The molecule has 0 bridgehead atoms. The van der Waals surface area contributed by atoms with E-state index in [1.807, 2.05) is 12.1 Å². The number of imidazole rings is 1. The van der Waals surface area contributed by atoms with Crippen LogP contribution in [-0.4, -0.2) is 83.1 Å². The van der Waals surface area contributed by atoms with Crippen molar-refractivity contribution < 1.29 is 33.0 Å². The van der Waals surface area contributed by atoms with Crippen LogP contribution in [0.3, 0.4) is 0 Å². The lowest BCUT2D eigenvalue weighted by molar-refractivity contribution is -0.138. The van der Waals surface area contributed by atoms with Gasteiger partial charge in [-0.05, 0) is 37.1 Å². The van der Waals surface area contributed by atoms with Crippen LogP contribution in [0.5, 0.6) is 0 Å². The van der Waals surface area contributed by atoms with Gasteiger partial charge in [-0.3, -0.25) is 23.4 Å². The van der Waals surface area contributed by atoms with E-state index in [-0.39, 0.29) is 30.7 Å². The number of benzene rings is 2. The second-order valence-electron chi connectivity index (χ2n) is 12.0. The first-order chi connectivity index (χ1) is 21.9. The Kier molecular flexibility index (Phi) is 8.51. The zero-order valence-corrected chi connectivity index (χ0v) is 25.3. The van der Waals surface area contributed by atoms with Crippen LogP contribution in [0.25, 0.3) is 22.3 Å². The fraction of sp³-hybridized carbons (Fsp3) is 0.438. The Morgan fingerprint density at radius 2 is 1.67 bits per heavy atom. The van der Waals surface area contributed by atoms with Crippen molar-refractivity contribution in [2.75, 3.05) is 26.2 Å². The second kappa shape index (κ2) is 12.4. The molecule has 0 radical (unpaired) electrons. The smallest absolute Gasteiger partial charge is 0.416 e. The molecule has 0 aliphatic carbocycles. The van der Waals surface area contributed by atoms with Crippen molar-refractivity contribution in [3.63, 3.8) is 0 Å². The van der Waals surface area contributed by atoms with Crippen molar-refractivity contribution in [3.8, 4) is 11.3 Å². The molecule has 6 rings (SSSR count). The lowest BCUT2D eigenvalue weighted by Crippen LogP contribution is -2.42. The SMILES string of the molecule is CC(=O)N1CCc2c(c(-c3ccc(C(F)(F)F)cc3)nn2CC(O)CN2CCC(n3c(=O)n(CC(=O)O)c4ccccc43)CC2)C1. The molecule has 0 saturated carbocycles. The predicted octanol–water partition coefficient (Wildman–Crippen LogP) is 3.37. The number of amides is 1. The number of aliphatic hydroxyl groups excluding tert-OH is 1. The third-order valence-electron chi connectivity index (χ3n) is 9.00. The molecule has 2 aliphatic heterocycles. The first-order valence-electron chi connectivity index (χ1n) is 15.2. The highest BCUT2D eigenvalue weighted by molar-refractivity contribution is 5.78. The standard InChI is InChI=1S/C32H35F3N6O5/c1-20(42)38-15-12-26-25(18-38)30(21-6-8-22(9-7-21)32(33,34)35)36-40(26)17-24(43)16-37-13-10-23(11-14-37)41-28-5-3-2-4-27(28)39(31(41)46)19-29(44)45/h2-9,23-24,43H,10-19H2,1H3,(H,44,45). The number of β-amino-alcohol motifs (C(OH)–C–C–N with tert-alkyl or cyclic N) is 1. The molecule has 1 atom stereocenters. The van der Waals surface area contributed by atoms with Gasteiger partial charge in [0.2, 0.25) is 5.91 Å². The van der Waals surface area contributed by atoms with Gasteiger partial charge in [0.1, 0.15) is 6.54 Å². The van der Waals surface area contributed by atoms with Gasteiger partial charge in [0, 0.05) is 68.9 Å². The van der Waals surface area contributed by atoms with Crippen molar-refractivity contribution in [1.29, 1.82) is 0 Å². The molecule has 46 heavy (non-hydrogen) atoms. The molecule has 244 valence electrons. The van der Waals surface area contributed by atoms with Crippen LogP contribution in [0.1, 0.15) is 42.6 Å². The number of likely N-dealkylation sites (tertiary alicyclic amines) is 1. The molecule has 1 fully saturated rings. The number of carboxylic acids is 1. The van der Waals surface area contributed by atoms with Crippen LogP contribution in [0.15, 0.2) is 53.3 Å². The number of carbonyl (C=O) groups excluding carboxylic acids is 1. The summed E-state index contributed by atoms with van der Waals surface area (Å²) in [6, 6.07) is 11.8. The van der Waals surface area contributed by atoms with Crippen LogP contribution in [-0.2, 0) is 41.8 Å². The number of hydrogen-bond donors (Lipinski definition) is 2. The molecule has 1 amide bonds. The summed E-state index contributed by atoms with van der Waals surface area (Å²) < 4.78 is 44.2. The largest absolute Gasteiger partial charge is 0.480 e. The number of fused-ring (bicyclic) bond motifs is 2. The Bertz CT molecular complexity index is 1820. The summed E-state index contributed by atoms with van der Waals surface area (Å²) in [5, 5.41) is 25.2. The van der Waals surface area contributed by atoms with E-state index in [1.165, 1.54) is 23.6 Å². The Labute approximate surface area is 262 Å². The summed E-state index contributed by atoms with van der Waals surface area (Å²) in [6.07, 6.45) is -3.47. The van der Waals surface area contributed by atoms with Gasteiger partial charge in [-0.1, -0.05) is 24.3 Å². The van der Waals surface area contributed by atoms with E-state index in [0.29, 0.717) is 67.7 Å². The first-order valence-corrected chi connectivity index (χ1v) is 15.2. The molecule has 0 spiro atoms. The fourth-order valence-corrected chi connectivity index (χ4v) is 6.75. The van der Waals surface area contributed by atoms with Gasteiger partial charge >= 0.3 is 17.8 Å². The molecule has 2 aromatic carbocycles. The van der Waals surface area contributed by atoms with Crippen LogP contribution < -0.4 is 5.69 Å². The van der Waals surface area contributed by atoms with Gasteiger partial charge < -0.3 is 20.0 Å². The van der Waals surface area contributed by atoms with Crippen molar-refractivity contribution in [1.82, 2.24) is 28.7 Å². The van der Waals surface area contributed by atoms with Gasteiger partial charge in [0.15, 0.2) is 0 Å². The maximum atomic E-state index is 13.3. The summed E-state index contributed by atoms with van der Waals surface area (Å²) in [7, 11) is 0. The molecule has 2 aromatic heterocycles. The molecule has 1 saturated heterocycles. The maximum absolute atomic E-state index is 13.3. The first kappa shape index (κ1) is 31.5. The number of halogens is 3. The second-order valence-corrected chi connectivity index (χ2v) is 12.0. The zero-order chi connectivity index (χ0) is 32.7. The number of alkyl halides is 3. The van der Waals surface area contributed by atoms with Gasteiger partial charge in [-0.15, -0.1) is 0 Å². The summed E-state index contributed by atoms with van der Waals surface area (Å²) in [5.74, 6) is -1.19. The number of para-hydroxylation sites is 2. The lowest BCUT2D eigenvalue weighted by atomic mass is 10.00. The highest BCUT2D eigenvalue weighted by atomic mass is 19.4. The minimum atomic E-state index is -4.46. The van der Waals surface area contributed by atoms with Gasteiger partial charge in [-0.25, -0.2) is 4.79 Å². The van der Waals surface area contributed by atoms with Crippen LogP contribution in [0.4, 0.5) is 13.2 Å². The maximum Gasteiger partial charge on any atom is 0.416 e. The van der Waals surface area contributed by atoms with Crippen molar-refractivity contribution in [3.05, 3.63) is 75.8 Å².